The number of carbonyl (C=O) groups excluding carboxylic acids is 1. The molecule has 1 aliphatic rings. The molecule has 0 aliphatic heterocycles. The summed E-state index contributed by atoms with van der Waals surface area (Å²) in [4.78, 5) is 14.2. The van der Waals surface area contributed by atoms with E-state index in [0.717, 1.165) is 24.8 Å². The van der Waals surface area contributed by atoms with Crippen molar-refractivity contribution < 1.29 is 9.53 Å². The molecule has 0 spiro atoms. The van der Waals surface area contributed by atoms with E-state index in [2.05, 4.69) is 0 Å². The first kappa shape index (κ1) is 16.0. The number of hydrogen-bond donors (Lipinski definition) is 1. The maximum Gasteiger partial charge on any atom is 0.225 e. The highest BCUT2D eigenvalue weighted by atomic mass is 16.5. The highest BCUT2D eigenvalue weighted by Crippen LogP contribution is 2.32. The number of likely N-dealkylation sites (N-methyl/N-ethyl adjacent to an activating group) is 1. The molecule has 2 atom stereocenters. The number of nitrogens with zero attached hydrogens (tertiary/aromatic N) is 1. The Labute approximate surface area is 127 Å². The molecule has 0 unspecified atom stereocenters. The summed E-state index contributed by atoms with van der Waals surface area (Å²) in [5, 5.41) is 0. The summed E-state index contributed by atoms with van der Waals surface area (Å²) in [7, 11) is 1.86. The van der Waals surface area contributed by atoms with E-state index in [4.69, 9.17) is 10.5 Å². The SMILES string of the molecule is CN(CCOCc1ccccc1)C(=O)[C@@H]1CCC[C@@H]1CN. The van der Waals surface area contributed by atoms with Gasteiger partial charge < -0.3 is 15.4 Å². The molecule has 0 aromatic heterocycles. The maximum atomic E-state index is 12.4. The van der Waals surface area contributed by atoms with Crippen LogP contribution in [0.5, 0.6) is 0 Å². The van der Waals surface area contributed by atoms with Gasteiger partial charge in [-0.05, 0) is 30.9 Å². The first-order chi connectivity index (χ1) is 10.2. The van der Waals surface area contributed by atoms with E-state index in [-0.39, 0.29) is 11.8 Å². The van der Waals surface area contributed by atoms with Crippen LogP contribution >= 0.6 is 0 Å². The third kappa shape index (κ3) is 4.55. The van der Waals surface area contributed by atoms with Crippen LogP contribution < -0.4 is 5.73 Å². The van der Waals surface area contributed by atoms with Crippen LogP contribution in [-0.2, 0) is 16.1 Å². The number of benzene rings is 1. The molecule has 1 amide bonds. The maximum absolute atomic E-state index is 12.4. The minimum Gasteiger partial charge on any atom is -0.375 e. The molecule has 116 valence electrons. The average molecular weight is 290 g/mol. The molecule has 0 bridgehead atoms. The van der Waals surface area contributed by atoms with Crippen LogP contribution in [0.3, 0.4) is 0 Å². The van der Waals surface area contributed by atoms with Gasteiger partial charge in [0, 0.05) is 19.5 Å². The summed E-state index contributed by atoms with van der Waals surface area (Å²) in [6, 6.07) is 10.1. The lowest BCUT2D eigenvalue weighted by molar-refractivity contribution is -0.136. The molecule has 1 aromatic carbocycles. The highest BCUT2D eigenvalue weighted by molar-refractivity contribution is 5.79. The summed E-state index contributed by atoms with van der Waals surface area (Å²) < 4.78 is 5.64. The minimum atomic E-state index is 0.120. The van der Waals surface area contributed by atoms with Gasteiger partial charge in [0.2, 0.25) is 5.91 Å². The summed E-state index contributed by atoms with van der Waals surface area (Å²) in [5.41, 5.74) is 6.91. The van der Waals surface area contributed by atoms with Gasteiger partial charge in [-0.2, -0.15) is 0 Å². The predicted molar refractivity (Wildman–Crippen MR) is 83.6 cm³/mol. The highest BCUT2D eigenvalue weighted by Gasteiger charge is 2.33. The smallest absolute Gasteiger partial charge is 0.225 e. The molecular weight excluding hydrogens is 264 g/mol. The van der Waals surface area contributed by atoms with Crippen LogP contribution in [0.25, 0.3) is 0 Å². The van der Waals surface area contributed by atoms with E-state index in [1.54, 1.807) is 4.90 Å². The molecule has 4 nitrogen and oxygen atoms in total. The molecule has 2 N–H and O–H groups in total. The Balaban J connectivity index is 1.69. The van der Waals surface area contributed by atoms with Gasteiger partial charge in [-0.25, -0.2) is 0 Å². The number of rotatable bonds is 7. The number of hydrogen-bond acceptors (Lipinski definition) is 3. The van der Waals surface area contributed by atoms with Gasteiger partial charge >= 0.3 is 0 Å². The van der Waals surface area contributed by atoms with Crippen LogP contribution in [0.1, 0.15) is 24.8 Å². The third-order valence-electron chi connectivity index (χ3n) is 4.34. The van der Waals surface area contributed by atoms with Crippen molar-refractivity contribution in [1.29, 1.82) is 0 Å². The summed E-state index contributed by atoms with van der Waals surface area (Å²) in [6.07, 6.45) is 3.19. The van der Waals surface area contributed by atoms with Crippen LogP contribution in [-0.4, -0.2) is 37.6 Å². The van der Waals surface area contributed by atoms with Gasteiger partial charge in [-0.3, -0.25) is 4.79 Å². The first-order valence-corrected chi connectivity index (χ1v) is 7.79. The van der Waals surface area contributed by atoms with Crippen LogP contribution in [0.2, 0.25) is 0 Å². The standard InChI is InChI=1S/C17H26N2O2/c1-19(17(20)16-9-5-8-15(16)12-18)10-11-21-13-14-6-3-2-4-7-14/h2-4,6-7,15-16H,5,8-13,18H2,1H3/t15-,16-/m1/s1. The lowest BCUT2D eigenvalue weighted by atomic mass is 9.95. The molecule has 1 saturated carbocycles. The van der Waals surface area contributed by atoms with E-state index < -0.39 is 0 Å². The van der Waals surface area contributed by atoms with Crippen molar-refractivity contribution in [2.75, 3.05) is 26.7 Å². The van der Waals surface area contributed by atoms with E-state index in [0.29, 0.717) is 32.2 Å². The predicted octanol–water partition coefficient (Wildman–Crippen LogP) is 2.04. The fraction of sp³-hybridized carbons (Fsp3) is 0.588. The first-order valence-electron chi connectivity index (χ1n) is 7.79. The normalized spacial score (nSPS) is 21.4. The Hall–Kier alpha value is -1.39. The molecular formula is C17H26N2O2. The van der Waals surface area contributed by atoms with Gasteiger partial charge in [0.1, 0.15) is 0 Å². The van der Waals surface area contributed by atoms with Crippen molar-refractivity contribution in [2.24, 2.45) is 17.6 Å². The fourth-order valence-electron chi connectivity index (χ4n) is 3.00. The van der Waals surface area contributed by atoms with Gasteiger partial charge in [-0.15, -0.1) is 0 Å². The van der Waals surface area contributed by atoms with Crippen molar-refractivity contribution in [1.82, 2.24) is 4.90 Å². The molecule has 2 rings (SSSR count). The second-order valence-corrected chi connectivity index (χ2v) is 5.83. The average Bonchev–Trinajstić information content (AvgIpc) is 3.00. The van der Waals surface area contributed by atoms with E-state index in [9.17, 15) is 4.79 Å². The second-order valence-electron chi connectivity index (χ2n) is 5.83. The van der Waals surface area contributed by atoms with Crippen molar-refractivity contribution in [2.45, 2.75) is 25.9 Å². The van der Waals surface area contributed by atoms with Gasteiger partial charge in [0.05, 0.1) is 13.2 Å². The zero-order chi connectivity index (χ0) is 15.1. The Morgan fingerprint density at radius 1 is 1.33 bits per heavy atom. The quantitative estimate of drug-likeness (QED) is 0.782. The minimum absolute atomic E-state index is 0.120. The van der Waals surface area contributed by atoms with Crippen molar-refractivity contribution >= 4 is 5.91 Å². The molecule has 0 heterocycles. The molecule has 0 saturated heterocycles. The molecule has 4 heteroatoms. The van der Waals surface area contributed by atoms with Crippen molar-refractivity contribution in [3.63, 3.8) is 0 Å². The molecule has 1 fully saturated rings. The lowest BCUT2D eigenvalue weighted by Gasteiger charge is -2.24. The largest absolute Gasteiger partial charge is 0.375 e. The summed E-state index contributed by atoms with van der Waals surface area (Å²) >= 11 is 0. The summed E-state index contributed by atoms with van der Waals surface area (Å²) in [6.45, 7) is 2.42. The van der Waals surface area contributed by atoms with Crippen LogP contribution in [0, 0.1) is 11.8 Å². The van der Waals surface area contributed by atoms with E-state index in [1.807, 2.05) is 37.4 Å². The fourth-order valence-corrected chi connectivity index (χ4v) is 3.00. The molecule has 1 aromatic rings. The Morgan fingerprint density at radius 3 is 2.81 bits per heavy atom. The van der Waals surface area contributed by atoms with Crippen LogP contribution in [0.4, 0.5) is 0 Å². The summed E-state index contributed by atoms with van der Waals surface area (Å²) in [5.74, 6) is 0.713. The number of amides is 1. The van der Waals surface area contributed by atoms with Gasteiger partial charge in [-0.1, -0.05) is 36.8 Å². The Kier molecular flexibility index (Phi) is 6.21. The second kappa shape index (κ2) is 8.15. The molecule has 1 aliphatic carbocycles. The van der Waals surface area contributed by atoms with Gasteiger partial charge in [0.25, 0.3) is 0 Å². The Morgan fingerprint density at radius 2 is 2.10 bits per heavy atom. The number of nitrogens with two attached hydrogens (primary N) is 1. The van der Waals surface area contributed by atoms with E-state index >= 15 is 0 Å². The number of ether oxygens (including phenoxy) is 1. The van der Waals surface area contributed by atoms with Crippen molar-refractivity contribution in [3.8, 4) is 0 Å². The van der Waals surface area contributed by atoms with Crippen LogP contribution in [0.15, 0.2) is 30.3 Å². The van der Waals surface area contributed by atoms with Crippen molar-refractivity contribution in [3.05, 3.63) is 35.9 Å². The monoisotopic (exact) mass is 290 g/mol. The number of carbonyl (C=O) groups is 1. The zero-order valence-electron chi connectivity index (χ0n) is 12.8. The van der Waals surface area contributed by atoms with Gasteiger partial charge in [0.15, 0.2) is 0 Å². The zero-order valence-corrected chi connectivity index (χ0v) is 12.8. The molecule has 0 radical (unpaired) electrons. The third-order valence-corrected chi connectivity index (χ3v) is 4.34. The van der Waals surface area contributed by atoms with E-state index in [1.165, 1.54) is 0 Å². The molecule has 21 heavy (non-hydrogen) atoms. The Bertz CT molecular complexity index is 436. The topological polar surface area (TPSA) is 55.6 Å². The lowest BCUT2D eigenvalue weighted by Crippen LogP contribution is -2.38.